The lowest BCUT2D eigenvalue weighted by Gasteiger charge is -2.30. The summed E-state index contributed by atoms with van der Waals surface area (Å²) in [6.45, 7) is 5.10. The first-order valence-electron chi connectivity index (χ1n) is 11.3. The van der Waals surface area contributed by atoms with Gasteiger partial charge in [0.2, 0.25) is 15.9 Å². The summed E-state index contributed by atoms with van der Waals surface area (Å²) in [6, 6.07) is 10.5. The summed E-state index contributed by atoms with van der Waals surface area (Å²) in [6.07, 6.45) is -4.45. The largest absolute Gasteiger partial charge is 0.416 e. The zero-order valence-corrected chi connectivity index (χ0v) is 21.3. The Morgan fingerprint density at radius 2 is 1.68 bits per heavy atom. The molecule has 9 nitrogen and oxygen atoms in total. The molecule has 0 bridgehead atoms. The minimum atomic E-state index is -4.45. The number of carbonyl (C=O) groups is 2. The number of hydrogen-bond acceptors (Lipinski definition) is 5. The number of fused-ring (bicyclic) bond motifs is 1. The fourth-order valence-corrected chi connectivity index (χ4v) is 4.07. The molecule has 0 aliphatic rings. The van der Waals surface area contributed by atoms with E-state index in [2.05, 4.69) is 15.7 Å². The Hall–Kier alpha value is -3.45. The van der Waals surface area contributed by atoms with Gasteiger partial charge in [-0.1, -0.05) is 51.1 Å². The monoisotopic (exact) mass is 539 g/mol. The predicted octanol–water partition coefficient (Wildman–Crippen LogP) is 2.65. The van der Waals surface area contributed by atoms with Crippen LogP contribution in [0.5, 0.6) is 0 Å². The lowest BCUT2D eigenvalue weighted by Crippen LogP contribution is -2.54. The van der Waals surface area contributed by atoms with Crippen LogP contribution in [0.4, 0.5) is 13.2 Å². The predicted molar refractivity (Wildman–Crippen MR) is 132 cm³/mol. The van der Waals surface area contributed by atoms with Crippen LogP contribution in [0.2, 0.25) is 0 Å². The average molecular weight is 540 g/mol. The number of rotatable bonds is 8. The standard InChI is InChI=1S/C24H28F3N5O4S/c1-23(2,3)20(22(34)29-12-13-37(28,35)36)30-21(33)19-17-6-4-5-7-18(17)32(31-19)14-15-8-10-16(11-9-15)24(25,26)27/h4-11,20H,12-14H2,1-3H3,(H,29,34)(H,30,33)(H2,28,35,36)/t20-/m1/s1. The maximum atomic E-state index is 13.3. The second-order valence-corrected chi connectivity index (χ2v) is 11.4. The van der Waals surface area contributed by atoms with Crippen molar-refractivity contribution in [2.45, 2.75) is 39.5 Å². The summed E-state index contributed by atoms with van der Waals surface area (Å²) in [4.78, 5) is 26.0. The molecule has 1 heterocycles. The molecule has 200 valence electrons. The first-order valence-corrected chi connectivity index (χ1v) is 13.0. The number of amides is 2. The van der Waals surface area contributed by atoms with Crippen molar-refractivity contribution in [1.29, 1.82) is 0 Å². The van der Waals surface area contributed by atoms with Crippen LogP contribution in [0.15, 0.2) is 48.5 Å². The van der Waals surface area contributed by atoms with Crippen LogP contribution >= 0.6 is 0 Å². The van der Waals surface area contributed by atoms with Crippen LogP contribution < -0.4 is 15.8 Å². The molecule has 0 saturated heterocycles. The number of sulfonamides is 1. The van der Waals surface area contributed by atoms with Crippen molar-refractivity contribution in [2.24, 2.45) is 10.6 Å². The van der Waals surface area contributed by atoms with E-state index in [9.17, 15) is 31.2 Å². The first-order chi connectivity index (χ1) is 17.1. The maximum Gasteiger partial charge on any atom is 0.416 e. The molecule has 4 N–H and O–H groups in total. The Morgan fingerprint density at radius 3 is 2.24 bits per heavy atom. The van der Waals surface area contributed by atoms with Gasteiger partial charge in [0.15, 0.2) is 5.69 Å². The van der Waals surface area contributed by atoms with Gasteiger partial charge in [0.1, 0.15) is 6.04 Å². The van der Waals surface area contributed by atoms with E-state index in [1.807, 2.05) is 0 Å². The van der Waals surface area contributed by atoms with E-state index in [1.165, 1.54) is 16.8 Å². The Labute approximate surface area is 212 Å². The van der Waals surface area contributed by atoms with Gasteiger partial charge in [-0.3, -0.25) is 14.3 Å². The zero-order valence-electron chi connectivity index (χ0n) is 20.5. The molecule has 1 atom stereocenters. The minimum absolute atomic E-state index is 0.0362. The summed E-state index contributed by atoms with van der Waals surface area (Å²) in [5.41, 5.74) is -0.335. The van der Waals surface area contributed by atoms with Gasteiger partial charge in [-0.05, 0) is 29.2 Å². The highest BCUT2D eigenvalue weighted by atomic mass is 32.2. The molecule has 0 saturated carbocycles. The highest BCUT2D eigenvalue weighted by molar-refractivity contribution is 7.89. The second-order valence-electron chi connectivity index (χ2n) is 9.65. The van der Waals surface area contributed by atoms with E-state index in [0.29, 0.717) is 16.5 Å². The van der Waals surface area contributed by atoms with E-state index in [4.69, 9.17) is 5.14 Å². The third-order valence-electron chi connectivity index (χ3n) is 5.58. The van der Waals surface area contributed by atoms with Crippen molar-refractivity contribution >= 4 is 32.7 Å². The minimum Gasteiger partial charge on any atom is -0.353 e. The number of hydrogen-bond donors (Lipinski definition) is 3. The Kier molecular flexibility index (Phi) is 7.98. The Balaban J connectivity index is 1.86. The molecule has 2 aromatic carbocycles. The molecule has 0 unspecified atom stereocenters. The van der Waals surface area contributed by atoms with Gasteiger partial charge in [0.05, 0.1) is 23.4 Å². The number of benzene rings is 2. The number of carbonyl (C=O) groups excluding carboxylic acids is 2. The lowest BCUT2D eigenvalue weighted by atomic mass is 9.86. The van der Waals surface area contributed by atoms with Gasteiger partial charge in [-0.15, -0.1) is 0 Å². The fraction of sp³-hybridized carbons (Fsp3) is 0.375. The summed E-state index contributed by atoms with van der Waals surface area (Å²) in [7, 11) is -3.77. The van der Waals surface area contributed by atoms with Gasteiger partial charge in [0.25, 0.3) is 5.91 Å². The first kappa shape index (κ1) is 28.1. The highest BCUT2D eigenvalue weighted by Gasteiger charge is 2.34. The van der Waals surface area contributed by atoms with Crippen LogP contribution in [0.25, 0.3) is 10.9 Å². The molecule has 13 heteroatoms. The van der Waals surface area contributed by atoms with Gasteiger partial charge in [0, 0.05) is 11.9 Å². The molecule has 0 aliphatic carbocycles. The molecule has 0 radical (unpaired) electrons. The molecular formula is C24H28F3N5O4S. The summed E-state index contributed by atoms with van der Waals surface area (Å²) < 4.78 is 62.5. The number of aromatic nitrogens is 2. The molecular weight excluding hydrogens is 511 g/mol. The molecule has 0 spiro atoms. The number of halogens is 3. The van der Waals surface area contributed by atoms with Crippen LogP contribution in [-0.4, -0.2) is 48.4 Å². The summed E-state index contributed by atoms with van der Waals surface area (Å²) in [5, 5.41) is 15.0. The zero-order chi connectivity index (χ0) is 27.6. The van der Waals surface area contributed by atoms with Gasteiger partial charge in [-0.25, -0.2) is 13.6 Å². The molecule has 1 aromatic heterocycles. The van der Waals surface area contributed by atoms with Gasteiger partial charge < -0.3 is 10.6 Å². The topological polar surface area (TPSA) is 136 Å². The van der Waals surface area contributed by atoms with Crippen molar-refractivity contribution in [1.82, 2.24) is 20.4 Å². The number of primary sulfonamides is 1. The third kappa shape index (κ3) is 7.29. The fourth-order valence-electron chi connectivity index (χ4n) is 3.68. The van der Waals surface area contributed by atoms with Crippen LogP contribution in [-0.2, 0) is 27.5 Å². The number of nitrogens with two attached hydrogens (primary N) is 1. The molecule has 0 fully saturated rings. The average Bonchev–Trinajstić information content (AvgIpc) is 3.14. The Morgan fingerprint density at radius 1 is 1.05 bits per heavy atom. The smallest absolute Gasteiger partial charge is 0.353 e. The van der Waals surface area contributed by atoms with E-state index >= 15 is 0 Å². The lowest BCUT2D eigenvalue weighted by molar-refractivity contribution is -0.137. The second kappa shape index (κ2) is 10.5. The van der Waals surface area contributed by atoms with E-state index in [-0.39, 0.29) is 18.8 Å². The number of nitrogens with zero attached hydrogens (tertiary/aromatic N) is 2. The third-order valence-corrected chi connectivity index (χ3v) is 6.35. The van der Waals surface area contributed by atoms with Crippen molar-refractivity contribution in [3.05, 3.63) is 65.4 Å². The maximum absolute atomic E-state index is 13.3. The van der Waals surface area contributed by atoms with E-state index in [1.54, 1.807) is 45.0 Å². The van der Waals surface area contributed by atoms with E-state index < -0.39 is 50.8 Å². The van der Waals surface area contributed by atoms with Gasteiger partial charge >= 0.3 is 6.18 Å². The number of alkyl halides is 3. The van der Waals surface area contributed by atoms with Crippen LogP contribution in [0, 0.1) is 5.41 Å². The number of nitrogens with one attached hydrogen (secondary N) is 2. The van der Waals surface area contributed by atoms with Crippen LogP contribution in [0.3, 0.4) is 0 Å². The molecule has 3 rings (SSSR count). The Bertz CT molecular complexity index is 1390. The van der Waals surface area contributed by atoms with Crippen molar-refractivity contribution in [3.63, 3.8) is 0 Å². The number of para-hydroxylation sites is 1. The SMILES string of the molecule is CC(C)(C)[C@H](NC(=O)c1nn(Cc2ccc(C(F)(F)F)cc2)c2ccccc12)C(=O)NCCS(N)(=O)=O. The van der Waals surface area contributed by atoms with Crippen molar-refractivity contribution < 1.29 is 31.2 Å². The van der Waals surface area contributed by atoms with Gasteiger partial charge in [-0.2, -0.15) is 18.3 Å². The van der Waals surface area contributed by atoms with Crippen molar-refractivity contribution in [3.8, 4) is 0 Å². The summed E-state index contributed by atoms with van der Waals surface area (Å²) in [5.74, 6) is -1.68. The quantitative estimate of drug-likeness (QED) is 0.404. The molecule has 37 heavy (non-hydrogen) atoms. The molecule has 3 aromatic rings. The van der Waals surface area contributed by atoms with Crippen LogP contribution in [0.1, 0.15) is 42.4 Å². The highest BCUT2D eigenvalue weighted by Crippen LogP contribution is 2.29. The molecule has 2 amide bonds. The molecule has 0 aliphatic heterocycles. The summed E-state index contributed by atoms with van der Waals surface area (Å²) >= 11 is 0. The van der Waals surface area contributed by atoms with Crippen molar-refractivity contribution in [2.75, 3.05) is 12.3 Å². The normalized spacial score (nSPS) is 13.4. The van der Waals surface area contributed by atoms with E-state index in [0.717, 1.165) is 12.1 Å².